The van der Waals surface area contributed by atoms with Gasteiger partial charge in [0, 0.05) is 6.92 Å². The van der Waals surface area contributed by atoms with Crippen molar-refractivity contribution in [2.24, 2.45) is 0 Å². The van der Waals surface area contributed by atoms with Gasteiger partial charge in [-0.25, -0.2) is 24.5 Å². The fraction of sp³-hybridized carbons (Fsp3) is 0.312. The lowest BCUT2D eigenvalue weighted by Gasteiger charge is -2.44. The van der Waals surface area contributed by atoms with Gasteiger partial charge in [-0.1, -0.05) is 4.98 Å². The van der Waals surface area contributed by atoms with E-state index in [1.165, 1.54) is 43.7 Å². The zero-order valence-corrected chi connectivity index (χ0v) is 15.9. The Morgan fingerprint density at radius 1 is 1.13 bits per heavy atom. The molecule has 3 atom stereocenters. The van der Waals surface area contributed by atoms with Crippen LogP contribution in [0, 0.1) is 0 Å². The molecular weight excluding hydrogens is 396 g/mol. The van der Waals surface area contributed by atoms with Gasteiger partial charge in [0.05, 0.1) is 18.6 Å². The van der Waals surface area contributed by atoms with Gasteiger partial charge in [-0.15, -0.1) is 0 Å². The lowest BCUT2D eigenvalue weighted by Crippen LogP contribution is -2.77. The van der Waals surface area contributed by atoms with Gasteiger partial charge in [0.25, 0.3) is 11.5 Å². The molecule has 5 rings (SSSR count). The lowest BCUT2D eigenvalue weighted by atomic mass is 9.85. The normalized spacial score (nSPS) is 25.3. The molecule has 1 aliphatic rings. The molecule has 30 heavy (non-hydrogen) atoms. The van der Waals surface area contributed by atoms with Crippen LogP contribution < -0.4 is 20.7 Å². The summed E-state index contributed by atoms with van der Waals surface area (Å²) in [5.41, 5.74) is 3.83. The van der Waals surface area contributed by atoms with E-state index >= 15 is 0 Å². The molecule has 14 nitrogen and oxygen atoms in total. The Morgan fingerprint density at radius 2 is 1.77 bits per heavy atom. The molecule has 0 fully saturated rings. The summed E-state index contributed by atoms with van der Waals surface area (Å²) in [6, 6.07) is 0. The number of hydrogen-bond donors (Lipinski definition) is 6. The number of aromatic amines is 2. The van der Waals surface area contributed by atoms with Gasteiger partial charge in [0.2, 0.25) is 12.1 Å². The van der Waals surface area contributed by atoms with Crippen LogP contribution in [0.3, 0.4) is 0 Å². The summed E-state index contributed by atoms with van der Waals surface area (Å²) in [7, 11) is 0. The largest absolute Gasteiger partial charge is 0.546 e. The maximum absolute atomic E-state index is 11.4. The molecule has 0 radical (unpaired) electrons. The van der Waals surface area contributed by atoms with Crippen molar-refractivity contribution < 1.29 is 24.7 Å². The number of carbonyl (C=O) groups excluding carboxylic acids is 1. The average Bonchev–Trinajstić information content (AvgIpc) is 3.37. The van der Waals surface area contributed by atoms with E-state index in [1.54, 1.807) is 0 Å². The van der Waals surface area contributed by atoms with Gasteiger partial charge in [-0.3, -0.25) is 5.32 Å². The Bertz CT molecular complexity index is 1250. The number of nitrogens with zero attached hydrogens (tertiary/aromatic N) is 6. The molecule has 0 amide bonds. The van der Waals surface area contributed by atoms with E-state index in [0.717, 1.165) is 0 Å². The molecule has 0 spiro atoms. The number of H-pyrrole nitrogens is 2. The number of hydrogen-bond acceptors (Lipinski definition) is 11. The van der Waals surface area contributed by atoms with E-state index in [4.69, 9.17) is 5.73 Å². The summed E-state index contributed by atoms with van der Waals surface area (Å²) in [5.74, 6) is -0.835. The average molecular weight is 414 g/mol. The molecular formula is C16H18N10O4. The van der Waals surface area contributed by atoms with E-state index in [9.17, 15) is 20.1 Å². The van der Waals surface area contributed by atoms with E-state index in [-0.39, 0.29) is 5.82 Å². The molecule has 0 aliphatic carbocycles. The second kappa shape index (κ2) is 6.57. The number of aliphatic carboxylic acids is 1. The third-order valence-electron chi connectivity index (χ3n) is 5.00. The van der Waals surface area contributed by atoms with Crippen LogP contribution in [-0.2, 0) is 10.5 Å². The summed E-state index contributed by atoms with van der Waals surface area (Å²) >= 11 is 0. The molecule has 0 saturated heterocycles. The number of fused-ring (bicyclic) bond motifs is 4. The van der Waals surface area contributed by atoms with E-state index in [2.05, 4.69) is 40.2 Å². The first kappa shape index (κ1) is 19.4. The third-order valence-corrected chi connectivity index (χ3v) is 5.00. The molecule has 14 heteroatoms. The van der Waals surface area contributed by atoms with Crippen molar-refractivity contribution in [3.05, 3.63) is 25.3 Å². The number of aliphatic hydroxyl groups is 2. The standard InChI is InChI=1S/C11H13N5O4.C5H5N5/c1-10(9(18)19)8(17)11(2,20)16-4-14-6-5(7(16)15-10)12-3-13-6;6-4-3-5(9-1-7-3)10-2-8-4/h3-4,8,17,20H,1-2H3,(H2,12,13,15,18,19);1-2H,(H3,6,7,8,9,10). The van der Waals surface area contributed by atoms with Crippen LogP contribution in [0.1, 0.15) is 13.8 Å². The summed E-state index contributed by atoms with van der Waals surface area (Å²) in [6.07, 6.45) is 3.97. The van der Waals surface area contributed by atoms with Gasteiger partial charge < -0.3 is 35.8 Å². The Balaban J connectivity index is 0.000000181. The highest BCUT2D eigenvalue weighted by molar-refractivity contribution is 5.87. The molecule has 0 saturated carbocycles. The maximum atomic E-state index is 11.4. The molecule has 4 aromatic heterocycles. The maximum Gasteiger partial charge on any atom is 0.260 e. The number of aliphatic hydroxyl groups excluding tert-OH is 1. The smallest absolute Gasteiger partial charge is 0.260 e. The summed E-state index contributed by atoms with van der Waals surface area (Å²) < 4.78 is 1.25. The molecule has 0 aromatic carbocycles. The second-order valence-corrected chi connectivity index (χ2v) is 7.04. The highest BCUT2D eigenvalue weighted by Crippen LogP contribution is 2.32. The van der Waals surface area contributed by atoms with Crippen molar-refractivity contribution in [1.29, 1.82) is 0 Å². The number of nitrogens with two attached hydrogens (primary N) is 1. The number of carboxylic acids is 1. The second-order valence-electron chi connectivity index (χ2n) is 7.04. The van der Waals surface area contributed by atoms with E-state index in [0.29, 0.717) is 28.1 Å². The predicted octanol–water partition coefficient (Wildman–Crippen LogP) is -2.86. The Kier molecular flexibility index (Phi) is 4.25. The number of imidazole rings is 2. The van der Waals surface area contributed by atoms with Crippen molar-refractivity contribution in [3.8, 4) is 0 Å². The number of carboxylic acid groups (broad SMARTS) is 1. The molecule has 4 aromatic rings. The van der Waals surface area contributed by atoms with Crippen molar-refractivity contribution in [2.75, 3.05) is 11.1 Å². The first-order valence-corrected chi connectivity index (χ1v) is 8.70. The van der Waals surface area contributed by atoms with Crippen LogP contribution >= 0.6 is 0 Å². The molecule has 0 bridgehead atoms. The summed E-state index contributed by atoms with van der Waals surface area (Å²) in [5, 5.41) is 34.7. The quantitative estimate of drug-likeness (QED) is 0.174. The van der Waals surface area contributed by atoms with Gasteiger partial charge in [-0.2, -0.15) is 0 Å². The number of nitrogens with one attached hydrogen (secondary N) is 3. The minimum Gasteiger partial charge on any atom is -0.546 e. The van der Waals surface area contributed by atoms with Gasteiger partial charge in [0.1, 0.15) is 11.8 Å². The van der Waals surface area contributed by atoms with Crippen LogP contribution in [0.4, 0.5) is 11.6 Å². The Labute approximate surface area is 167 Å². The zero-order chi connectivity index (χ0) is 21.7. The number of aromatic nitrogens is 8. The zero-order valence-electron chi connectivity index (χ0n) is 15.9. The van der Waals surface area contributed by atoms with Crippen molar-refractivity contribution in [1.82, 2.24) is 34.9 Å². The highest BCUT2D eigenvalue weighted by Gasteiger charge is 2.56. The number of carbonyl (C=O) groups is 1. The fourth-order valence-corrected chi connectivity index (χ4v) is 3.26. The van der Waals surface area contributed by atoms with Crippen molar-refractivity contribution >= 4 is 39.9 Å². The molecule has 1 aliphatic heterocycles. The van der Waals surface area contributed by atoms with Gasteiger partial charge >= 0.3 is 0 Å². The monoisotopic (exact) mass is 414 g/mol. The Hall–Kier alpha value is -3.91. The van der Waals surface area contributed by atoms with E-state index in [1.807, 2.05) is 0 Å². The number of nitrogen functional groups attached to an aromatic ring is 1. The van der Waals surface area contributed by atoms with Crippen molar-refractivity contribution in [2.45, 2.75) is 31.2 Å². The molecule has 7 N–H and O–H groups in total. The van der Waals surface area contributed by atoms with E-state index < -0.39 is 23.3 Å². The van der Waals surface area contributed by atoms with Crippen LogP contribution in [-0.4, -0.2) is 62.7 Å². The minimum absolute atomic E-state index is 0.259. The summed E-state index contributed by atoms with van der Waals surface area (Å²) in [4.78, 5) is 36.5. The third kappa shape index (κ3) is 2.77. The SMILES string of the molecule is CC1(C(=O)[O-])Nc2c3[nH]cnc3nc[n+]2C(C)(O)C1O.Nc1ncnc2nc[nH]c12. The molecule has 5 heterocycles. The fourth-order valence-electron chi connectivity index (χ4n) is 3.26. The Morgan fingerprint density at radius 3 is 2.40 bits per heavy atom. The summed E-state index contributed by atoms with van der Waals surface area (Å²) in [6.45, 7) is 2.54. The van der Waals surface area contributed by atoms with Crippen molar-refractivity contribution in [3.63, 3.8) is 0 Å². The topological polar surface area (TPSA) is 219 Å². The minimum atomic E-state index is -1.87. The highest BCUT2D eigenvalue weighted by atomic mass is 16.4. The predicted molar refractivity (Wildman–Crippen MR) is 99.1 cm³/mol. The van der Waals surface area contributed by atoms with Gasteiger partial charge in [-0.05, 0) is 6.92 Å². The number of rotatable bonds is 1. The lowest BCUT2D eigenvalue weighted by molar-refractivity contribution is -0.807. The van der Waals surface area contributed by atoms with Crippen LogP contribution in [0.15, 0.2) is 25.3 Å². The first-order valence-electron chi connectivity index (χ1n) is 8.70. The van der Waals surface area contributed by atoms with Crippen LogP contribution in [0.2, 0.25) is 0 Å². The van der Waals surface area contributed by atoms with Crippen LogP contribution in [0.5, 0.6) is 0 Å². The molecule has 156 valence electrons. The van der Waals surface area contributed by atoms with Crippen LogP contribution in [0.25, 0.3) is 22.3 Å². The number of anilines is 2. The van der Waals surface area contributed by atoms with Gasteiger partial charge in [0.15, 0.2) is 28.6 Å². The first-order chi connectivity index (χ1) is 14.2. The molecule has 3 unspecified atom stereocenters.